The lowest BCUT2D eigenvalue weighted by Gasteiger charge is -2.34. The van der Waals surface area contributed by atoms with Crippen molar-refractivity contribution in [3.05, 3.63) is 28.7 Å². The fourth-order valence-electron chi connectivity index (χ4n) is 2.51. The molecule has 106 valence electrons. The molecule has 1 aliphatic rings. The van der Waals surface area contributed by atoms with Gasteiger partial charge in [-0.1, -0.05) is 19.1 Å². The van der Waals surface area contributed by atoms with Gasteiger partial charge in [-0.2, -0.15) is 0 Å². The van der Waals surface area contributed by atoms with Crippen molar-refractivity contribution in [2.45, 2.75) is 13.3 Å². The van der Waals surface area contributed by atoms with Crippen molar-refractivity contribution in [3.63, 3.8) is 0 Å². The smallest absolute Gasteiger partial charge is 0.0485 e. The Kier molecular flexibility index (Phi) is 6.14. The van der Waals surface area contributed by atoms with E-state index in [2.05, 4.69) is 56.2 Å². The van der Waals surface area contributed by atoms with Crippen molar-refractivity contribution >= 4 is 21.6 Å². The number of halogens is 1. The van der Waals surface area contributed by atoms with Crippen LogP contribution in [-0.4, -0.2) is 55.6 Å². The minimum atomic E-state index is 1.01. The van der Waals surface area contributed by atoms with E-state index in [1.807, 2.05) is 6.07 Å². The van der Waals surface area contributed by atoms with E-state index >= 15 is 0 Å². The molecular formula is C15H24BrN3. The number of hydrogen-bond donors (Lipinski definition) is 1. The Hall–Kier alpha value is -0.580. The van der Waals surface area contributed by atoms with Gasteiger partial charge in [-0.05, 0) is 41.0 Å². The first kappa shape index (κ1) is 14.8. The summed E-state index contributed by atoms with van der Waals surface area (Å²) in [7, 11) is 0. The van der Waals surface area contributed by atoms with Crippen LogP contribution in [0.25, 0.3) is 0 Å². The van der Waals surface area contributed by atoms with Crippen LogP contribution in [0.1, 0.15) is 13.3 Å². The molecule has 2 rings (SSSR count). The molecule has 0 saturated carbocycles. The third-order valence-electron chi connectivity index (χ3n) is 3.62. The number of benzene rings is 1. The molecule has 0 spiro atoms. The molecule has 1 aliphatic heterocycles. The van der Waals surface area contributed by atoms with E-state index in [4.69, 9.17) is 0 Å². The van der Waals surface area contributed by atoms with Crippen LogP contribution in [0.15, 0.2) is 28.7 Å². The van der Waals surface area contributed by atoms with Gasteiger partial charge in [0.2, 0.25) is 0 Å². The molecule has 0 bridgehead atoms. The second kappa shape index (κ2) is 7.88. The third kappa shape index (κ3) is 4.79. The van der Waals surface area contributed by atoms with Crippen LogP contribution in [-0.2, 0) is 0 Å². The first-order valence-corrected chi connectivity index (χ1v) is 8.02. The van der Waals surface area contributed by atoms with Crippen molar-refractivity contribution < 1.29 is 0 Å². The van der Waals surface area contributed by atoms with E-state index in [-0.39, 0.29) is 0 Å². The summed E-state index contributed by atoms with van der Waals surface area (Å²) in [6, 6.07) is 8.30. The largest absolute Gasteiger partial charge is 0.383 e. The molecule has 0 aliphatic carbocycles. The molecule has 3 nitrogen and oxygen atoms in total. The van der Waals surface area contributed by atoms with Gasteiger partial charge in [-0.15, -0.1) is 0 Å². The molecule has 0 amide bonds. The Labute approximate surface area is 125 Å². The summed E-state index contributed by atoms with van der Waals surface area (Å²) >= 11 is 3.56. The molecular weight excluding hydrogens is 302 g/mol. The van der Waals surface area contributed by atoms with Crippen LogP contribution in [0.3, 0.4) is 0 Å². The highest BCUT2D eigenvalue weighted by molar-refractivity contribution is 9.10. The van der Waals surface area contributed by atoms with Crippen molar-refractivity contribution in [3.8, 4) is 0 Å². The van der Waals surface area contributed by atoms with E-state index in [0.29, 0.717) is 0 Å². The van der Waals surface area contributed by atoms with E-state index < -0.39 is 0 Å². The van der Waals surface area contributed by atoms with Gasteiger partial charge >= 0.3 is 0 Å². The Morgan fingerprint density at radius 2 is 1.68 bits per heavy atom. The minimum absolute atomic E-state index is 1.01. The summed E-state index contributed by atoms with van der Waals surface area (Å²) in [5.41, 5.74) is 1.19. The van der Waals surface area contributed by atoms with Crippen LogP contribution < -0.4 is 5.32 Å². The zero-order valence-electron chi connectivity index (χ0n) is 11.7. The minimum Gasteiger partial charge on any atom is -0.383 e. The normalized spacial score (nSPS) is 17.6. The van der Waals surface area contributed by atoms with Crippen LogP contribution in [0.4, 0.5) is 5.69 Å². The molecule has 0 unspecified atom stereocenters. The average Bonchev–Trinajstić information content (AvgIpc) is 2.43. The highest BCUT2D eigenvalue weighted by Gasteiger charge is 2.15. The van der Waals surface area contributed by atoms with Crippen LogP contribution in [0.2, 0.25) is 0 Å². The van der Waals surface area contributed by atoms with Gasteiger partial charge in [0, 0.05) is 49.4 Å². The molecule has 0 aromatic heterocycles. The molecule has 19 heavy (non-hydrogen) atoms. The van der Waals surface area contributed by atoms with Crippen LogP contribution in [0.5, 0.6) is 0 Å². The molecule has 1 fully saturated rings. The maximum Gasteiger partial charge on any atom is 0.0485 e. The Balaban J connectivity index is 1.66. The first-order valence-electron chi connectivity index (χ1n) is 7.22. The zero-order valence-corrected chi connectivity index (χ0v) is 13.3. The molecule has 0 radical (unpaired) electrons. The maximum absolute atomic E-state index is 3.56. The van der Waals surface area contributed by atoms with E-state index in [1.54, 1.807) is 0 Å². The summed E-state index contributed by atoms with van der Waals surface area (Å²) < 4.78 is 1.14. The number of para-hydroxylation sites is 1. The third-order valence-corrected chi connectivity index (χ3v) is 4.31. The van der Waals surface area contributed by atoms with Crippen molar-refractivity contribution in [2.75, 3.05) is 51.1 Å². The summed E-state index contributed by atoms with van der Waals surface area (Å²) in [4.78, 5) is 5.12. The summed E-state index contributed by atoms with van der Waals surface area (Å²) in [5, 5.41) is 3.49. The van der Waals surface area contributed by atoms with Gasteiger partial charge < -0.3 is 10.2 Å². The van der Waals surface area contributed by atoms with Gasteiger partial charge in [-0.25, -0.2) is 0 Å². The number of piperazine rings is 1. The quantitative estimate of drug-likeness (QED) is 0.867. The van der Waals surface area contributed by atoms with Gasteiger partial charge in [0.15, 0.2) is 0 Å². The SMILES string of the molecule is CCCN1CCN(CCNc2ccccc2Br)CC1. The average molecular weight is 326 g/mol. The fraction of sp³-hybridized carbons (Fsp3) is 0.600. The molecule has 0 atom stereocenters. The lowest BCUT2D eigenvalue weighted by Crippen LogP contribution is -2.47. The molecule has 1 saturated heterocycles. The summed E-state index contributed by atoms with van der Waals surface area (Å²) in [5.74, 6) is 0. The van der Waals surface area contributed by atoms with Crippen LogP contribution in [0, 0.1) is 0 Å². The topological polar surface area (TPSA) is 18.5 Å². The van der Waals surface area contributed by atoms with Crippen molar-refractivity contribution in [1.29, 1.82) is 0 Å². The molecule has 1 N–H and O–H groups in total. The van der Waals surface area contributed by atoms with Crippen molar-refractivity contribution in [2.24, 2.45) is 0 Å². The highest BCUT2D eigenvalue weighted by Crippen LogP contribution is 2.20. The number of hydrogen-bond acceptors (Lipinski definition) is 3. The number of anilines is 1. The molecule has 1 heterocycles. The highest BCUT2D eigenvalue weighted by atomic mass is 79.9. The van der Waals surface area contributed by atoms with Crippen LogP contribution >= 0.6 is 15.9 Å². The zero-order chi connectivity index (χ0) is 13.5. The van der Waals surface area contributed by atoms with Gasteiger partial charge in [0.05, 0.1) is 0 Å². The summed E-state index contributed by atoms with van der Waals surface area (Å²) in [6.07, 6.45) is 1.27. The van der Waals surface area contributed by atoms with Crippen molar-refractivity contribution in [1.82, 2.24) is 9.80 Å². The number of nitrogens with one attached hydrogen (secondary N) is 1. The Bertz CT molecular complexity index is 375. The first-order chi connectivity index (χ1) is 9.29. The van der Waals surface area contributed by atoms with E-state index in [1.165, 1.54) is 44.8 Å². The molecule has 4 heteroatoms. The number of rotatable bonds is 6. The predicted molar refractivity (Wildman–Crippen MR) is 85.8 cm³/mol. The van der Waals surface area contributed by atoms with Gasteiger partial charge in [0.1, 0.15) is 0 Å². The predicted octanol–water partition coefficient (Wildman–Crippen LogP) is 2.89. The molecule has 1 aromatic carbocycles. The lowest BCUT2D eigenvalue weighted by atomic mass is 10.3. The second-order valence-electron chi connectivity index (χ2n) is 5.09. The van der Waals surface area contributed by atoms with E-state index in [0.717, 1.165) is 17.6 Å². The van der Waals surface area contributed by atoms with E-state index in [9.17, 15) is 0 Å². The standard InChI is InChI=1S/C15H24BrN3/c1-2-8-18-10-12-19(13-11-18)9-7-17-15-6-4-3-5-14(15)16/h3-6,17H,2,7-13H2,1H3. The monoisotopic (exact) mass is 325 g/mol. The number of nitrogens with zero attached hydrogens (tertiary/aromatic N) is 2. The van der Waals surface area contributed by atoms with Gasteiger partial charge in [0.25, 0.3) is 0 Å². The summed E-state index contributed by atoms with van der Waals surface area (Å²) in [6.45, 7) is 10.5. The maximum atomic E-state index is 3.56. The fourth-order valence-corrected chi connectivity index (χ4v) is 2.93. The molecule has 1 aromatic rings. The van der Waals surface area contributed by atoms with Gasteiger partial charge in [-0.3, -0.25) is 4.90 Å². The Morgan fingerprint density at radius 1 is 1.05 bits per heavy atom. The Morgan fingerprint density at radius 3 is 2.32 bits per heavy atom. The lowest BCUT2D eigenvalue weighted by molar-refractivity contribution is 0.136. The second-order valence-corrected chi connectivity index (χ2v) is 5.94.